The predicted molar refractivity (Wildman–Crippen MR) is 57.4 cm³/mol. The van der Waals surface area contributed by atoms with E-state index in [9.17, 15) is 9.18 Å². The van der Waals surface area contributed by atoms with Crippen LogP contribution >= 0.6 is 0 Å². The number of hydrogen-bond donors (Lipinski definition) is 2. The van der Waals surface area contributed by atoms with Gasteiger partial charge in [0.1, 0.15) is 11.4 Å². The molecule has 2 N–H and O–H groups in total. The summed E-state index contributed by atoms with van der Waals surface area (Å²) in [7, 11) is 0. The summed E-state index contributed by atoms with van der Waals surface area (Å²) < 4.78 is 12.8. The molecule has 0 aliphatic rings. The number of pyridine rings is 1. The number of carboxylic acids is 1. The molecule has 0 aliphatic heterocycles. The lowest BCUT2D eigenvalue weighted by molar-refractivity contribution is -0.144. The van der Waals surface area contributed by atoms with E-state index in [4.69, 9.17) is 5.11 Å². The molecule has 0 amide bonds. The van der Waals surface area contributed by atoms with Crippen LogP contribution in [0.25, 0.3) is 0 Å². The molecular formula is C11H15FN2O2. The van der Waals surface area contributed by atoms with Crippen LogP contribution in [0.2, 0.25) is 0 Å². The van der Waals surface area contributed by atoms with E-state index in [0.717, 1.165) is 6.20 Å². The van der Waals surface area contributed by atoms with Crippen LogP contribution in [-0.2, 0) is 11.3 Å². The van der Waals surface area contributed by atoms with Crippen LogP contribution in [0.3, 0.4) is 0 Å². The second-order valence-corrected chi connectivity index (χ2v) is 3.86. The summed E-state index contributed by atoms with van der Waals surface area (Å²) >= 11 is 0. The zero-order valence-electron chi connectivity index (χ0n) is 9.33. The zero-order chi connectivity index (χ0) is 12.2. The average Bonchev–Trinajstić information content (AvgIpc) is 2.26. The normalized spacial score (nSPS) is 14.4. The minimum Gasteiger partial charge on any atom is -0.480 e. The fourth-order valence-electron chi connectivity index (χ4n) is 1.20. The van der Waals surface area contributed by atoms with Crippen molar-refractivity contribution in [1.29, 1.82) is 0 Å². The van der Waals surface area contributed by atoms with Gasteiger partial charge in [0.05, 0.1) is 6.20 Å². The quantitative estimate of drug-likeness (QED) is 0.799. The Bertz CT molecular complexity index is 384. The molecule has 0 radical (unpaired) electrons. The van der Waals surface area contributed by atoms with E-state index < -0.39 is 17.3 Å². The van der Waals surface area contributed by atoms with Crippen LogP contribution in [-0.4, -0.2) is 21.6 Å². The highest BCUT2D eigenvalue weighted by Crippen LogP contribution is 2.11. The van der Waals surface area contributed by atoms with Crippen LogP contribution in [0, 0.1) is 5.82 Å². The molecule has 0 aromatic carbocycles. The van der Waals surface area contributed by atoms with Crippen molar-refractivity contribution in [3.05, 3.63) is 29.8 Å². The Kier molecular flexibility index (Phi) is 3.95. The lowest BCUT2D eigenvalue weighted by atomic mass is 9.99. The van der Waals surface area contributed by atoms with Gasteiger partial charge in [0.15, 0.2) is 0 Å². The molecule has 5 heteroatoms. The minimum absolute atomic E-state index is 0.279. The molecule has 0 saturated carbocycles. The summed E-state index contributed by atoms with van der Waals surface area (Å²) in [4.78, 5) is 14.7. The lowest BCUT2D eigenvalue weighted by Gasteiger charge is -2.24. The van der Waals surface area contributed by atoms with Gasteiger partial charge in [-0.05, 0) is 25.0 Å². The molecule has 1 unspecified atom stereocenters. The number of aromatic nitrogens is 1. The number of hydrogen-bond acceptors (Lipinski definition) is 3. The Balaban J connectivity index is 2.66. The molecule has 1 heterocycles. The van der Waals surface area contributed by atoms with Crippen molar-refractivity contribution in [2.24, 2.45) is 0 Å². The number of aliphatic carboxylic acids is 1. The van der Waals surface area contributed by atoms with E-state index >= 15 is 0 Å². The van der Waals surface area contributed by atoms with E-state index in [1.807, 2.05) is 0 Å². The van der Waals surface area contributed by atoms with Crippen molar-refractivity contribution in [3.8, 4) is 0 Å². The third-order valence-corrected chi connectivity index (χ3v) is 2.62. The summed E-state index contributed by atoms with van der Waals surface area (Å²) in [6.07, 6.45) is 3.07. The standard InChI is InChI=1S/C11H15FN2O2/c1-3-11(2,10(15)16)14-6-8-4-9(12)7-13-5-8/h4-5,7,14H,3,6H2,1-2H3,(H,15,16). The first kappa shape index (κ1) is 12.6. The number of nitrogens with one attached hydrogen (secondary N) is 1. The van der Waals surface area contributed by atoms with Crippen LogP contribution in [0.1, 0.15) is 25.8 Å². The van der Waals surface area contributed by atoms with Crippen molar-refractivity contribution in [1.82, 2.24) is 10.3 Å². The van der Waals surface area contributed by atoms with Gasteiger partial charge in [-0.1, -0.05) is 6.92 Å². The number of rotatable bonds is 5. The van der Waals surface area contributed by atoms with Gasteiger partial charge in [-0.3, -0.25) is 15.1 Å². The Morgan fingerprint density at radius 1 is 1.62 bits per heavy atom. The van der Waals surface area contributed by atoms with Crippen molar-refractivity contribution in [3.63, 3.8) is 0 Å². The van der Waals surface area contributed by atoms with E-state index in [-0.39, 0.29) is 6.54 Å². The first-order chi connectivity index (χ1) is 7.48. The van der Waals surface area contributed by atoms with Gasteiger partial charge < -0.3 is 5.11 Å². The first-order valence-electron chi connectivity index (χ1n) is 5.06. The lowest BCUT2D eigenvalue weighted by Crippen LogP contribution is -2.48. The monoisotopic (exact) mass is 226 g/mol. The molecular weight excluding hydrogens is 211 g/mol. The maximum atomic E-state index is 12.8. The predicted octanol–water partition coefficient (Wildman–Crippen LogP) is 1.56. The highest BCUT2D eigenvalue weighted by molar-refractivity contribution is 5.78. The van der Waals surface area contributed by atoms with Gasteiger partial charge in [-0.2, -0.15) is 0 Å². The molecule has 4 nitrogen and oxygen atoms in total. The van der Waals surface area contributed by atoms with Crippen LogP contribution in [0.5, 0.6) is 0 Å². The Hall–Kier alpha value is -1.49. The Morgan fingerprint density at radius 3 is 2.81 bits per heavy atom. The molecule has 1 aromatic heterocycles. The molecule has 1 rings (SSSR count). The summed E-state index contributed by atoms with van der Waals surface area (Å²) in [5.74, 6) is -1.34. The second kappa shape index (κ2) is 5.03. The highest BCUT2D eigenvalue weighted by Gasteiger charge is 2.29. The van der Waals surface area contributed by atoms with E-state index in [1.54, 1.807) is 13.8 Å². The van der Waals surface area contributed by atoms with Gasteiger partial charge in [-0.25, -0.2) is 4.39 Å². The van der Waals surface area contributed by atoms with Crippen LogP contribution in [0.4, 0.5) is 4.39 Å². The molecule has 0 bridgehead atoms. The van der Waals surface area contributed by atoms with Gasteiger partial charge in [0.2, 0.25) is 0 Å². The SMILES string of the molecule is CCC(C)(NCc1cncc(F)c1)C(=O)O. The van der Waals surface area contributed by atoms with E-state index in [2.05, 4.69) is 10.3 Å². The fourth-order valence-corrected chi connectivity index (χ4v) is 1.20. The van der Waals surface area contributed by atoms with E-state index in [1.165, 1.54) is 12.3 Å². The molecule has 88 valence electrons. The maximum Gasteiger partial charge on any atom is 0.323 e. The highest BCUT2D eigenvalue weighted by atomic mass is 19.1. The number of nitrogens with zero attached hydrogens (tertiary/aromatic N) is 1. The molecule has 16 heavy (non-hydrogen) atoms. The third-order valence-electron chi connectivity index (χ3n) is 2.62. The molecule has 1 atom stereocenters. The van der Waals surface area contributed by atoms with Gasteiger partial charge in [0.25, 0.3) is 0 Å². The van der Waals surface area contributed by atoms with Crippen molar-refractivity contribution in [2.45, 2.75) is 32.4 Å². The summed E-state index contributed by atoms with van der Waals surface area (Å²) in [5, 5.41) is 11.9. The zero-order valence-corrected chi connectivity index (χ0v) is 9.33. The summed E-state index contributed by atoms with van der Waals surface area (Å²) in [6, 6.07) is 1.33. The smallest absolute Gasteiger partial charge is 0.323 e. The Labute approximate surface area is 93.5 Å². The van der Waals surface area contributed by atoms with Crippen molar-refractivity contribution >= 4 is 5.97 Å². The van der Waals surface area contributed by atoms with E-state index in [0.29, 0.717) is 12.0 Å². The van der Waals surface area contributed by atoms with Crippen LogP contribution in [0.15, 0.2) is 18.5 Å². The minimum atomic E-state index is -0.994. The third kappa shape index (κ3) is 3.00. The molecule has 1 aromatic rings. The van der Waals surface area contributed by atoms with Gasteiger partial charge in [0, 0.05) is 12.7 Å². The fraction of sp³-hybridized carbons (Fsp3) is 0.455. The number of halogens is 1. The number of carbonyl (C=O) groups is 1. The average molecular weight is 226 g/mol. The number of carboxylic acid groups (broad SMARTS) is 1. The van der Waals surface area contributed by atoms with Gasteiger partial charge >= 0.3 is 5.97 Å². The summed E-state index contributed by atoms with van der Waals surface area (Å²) in [6.45, 7) is 3.66. The molecule has 0 spiro atoms. The largest absolute Gasteiger partial charge is 0.480 e. The molecule has 0 aliphatic carbocycles. The molecule has 0 fully saturated rings. The topological polar surface area (TPSA) is 62.2 Å². The van der Waals surface area contributed by atoms with Crippen molar-refractivity contribution in [2.75, 3.05) is 0 Å². The van der Waals surface area contributed by atoms with Gasteiger partial charge in [-0.15, -0.1) is 0 Å². The molecule has 0 saturated heterocycles. The second-order valence-electron chi connectivity index (χ2n) is 3.86. The first-order valence-corrected chi connectivity index (χ1v) is 5.06. The summed E-state index contributed by atoms with van der Waals surface area (Å²) in [5.41, 5.74) is -0.368. The Morgan fingerprint density at radius 2 is 2.31 bits per heavy atom. The van der Waals surface area contributed by atoms with Crippen molar-refractivity contribution < 1.29 is 14.3 Å². The van der Waals surface area contributed by atoms with Crippen LogP contribution < -0.4 is 5.32 Å². The maximum absolute atomic E-state index is 12.8.